The fourth-order valence-electron chi connectivity index (χ4n) is 1.02. The average Bonchev–Trinajstić information content (AvgIpc) is 2.19. The van der Waals surface area contributed by atoms with Crippen LogP contribution in [0.3, 0.4) is 0 Å². The third-order valence-electron chi connectivity index (χ3n) is 1.70. The molecule has 0 amide bonds. The lowest BCUT2D eigenvalue weighted by molar-refractivity contribution is -0.387. The predicted molar refractivity (Wildman–Crippen MR) is 46.4 cm³/mol. The van der Waals surface area contributed by atoms with Gasteiger partial charge in [-0.1, -0.05) is 0 Å². The number of halogens is 2. The van der Waals surface area contributed by atoms with E-state index in [0.717, 1.165) is 0 Å². The van der Waals surface area contributed by atoms with E-state index in [4.69, 9.17) is 5.73 Å². The summed E-state index contributed by atoms with van der Waals surface area (Å²) in [7, 11) is 0. The number of benzene rings is 1. The Kier molecular flexibility index (Phi) is 3.05. The number of hydrogen-bond acceptors (Lipinski definition) is 4. The van der Waals surface area contributed by atoms with Crippen LogP contribution in [-0.2, 0) is 0 Å². The SMILES string of the molecule is NCC(=O)c1cc(F)cc([N+](=O)[O-])c1F. The summed E-state index contributed by atoms with van der Waals surface area (Å²) in [5.74, 6) is -3.31. The maximum absolute atomic E-state index is 13.3. The van der Waals surface area contributed by atoms with Crippen LogP contribution < -0.4 is 5.73 Å². The van der Waals surface area contributed by atoms with Gasteiger partial charge in [-0.05, 0) is 6.07 Å². The maximum atomic E-state index is 13.3. The molecule has 0 aromatic heterocycles. The van der Waals surface area contributed by atoms with Crippen LogP contribution in [0.25, 0.3) is 0 Å². The lowest BCUT2D eigenvalue weighted by atomic mass is 10.1. The largest absolute Gasteiger partial charge is 0.324 e. The van der Waals surface area contributed by atoms with E-state index >= 15 is 0 Å². The Morgan fingerprint density at radius 3 is 2.53 bits per heavy atom. The molecule has 0 heterocycles. The van der Waals surface area contributed by atoms with E-state index in [1.807, 2.05) is 0 Å². The number of rotatable bonds is 3. The van der Waals surface area contributed by atoms with Crippen molar-refractivity contribution in [3.05, 3.63) is 39.4 Å². The van der Waals surface area contributed by atoms with Gasteiger partial charge in [0.15, 0.2) is 5.78 Å². The minimum Gasteiger partial charge on any atom is -0.324 e. The van der Waals surface area contributed by atoms with E-state index in [2.05, 4.69) is 0 Å². The Morgan fingerprint density at radius 2 is 2.07 bits per heavy atom. The van der Waals surface area contributed by atoms with Gasteiger partial charge in [0.1, 0.15) is 5.82 Å². The summed E-state index contributed by atoms with van der Waals surface area (Å²) in [6.07, 6.45) is 0. The number of nitro groups is 1. The molecule has 1 aromatic carbocycles. The summed E-state index contributed by atoms with van der Waals surface area (Å²) < 4.78 is 26.1. The van der Waals surface area contributed by atoms with Crippen LogP contribution in [0.1, 0.15) is 10.4 Å². The molecule has 0 aliphatic heterocycles. The van der Waals surface area contributed by atoms with Gasteiger partial charge in [0.2, 0.25) is 5.82 Å². The van der Waals surface area contributed by atoms with Crippen molar-refractivity contribution in [3.8, 4) is 0 Å². The number of hydrogen-bond donors (Lipinski definition) is 1. The summed E-state index contributed by atoms with van der Waals surface area (Å²) in [5.41, 5.74) is 3.16. The molecule has 0 bridgehead atoms. The standard InChI is InChI=1S/C8H6F2N2O3/c9-4-1-5(7(13)3-11)8(10)6(2-4)12(14)15/h1-2H,3,11H2. The van der Waals surface area contributed by atoms with Crippen LogP contribution in [0.15, 0.2) is 12.1 Å². The number of ketones is 1. The first-order chi connectivity index (χ1) is 6.97. The maximum Gasteiger partial charge on any atom is 0.308 e. The van der Waals surface area contributed by atoms with Crippen molar-refractivity contribution in [1.82, 2.24) is 0 Å². The second-order valence-corrected chi connectivity index (χ2v) is 2.67. The smallest absolute Gasteiger partial charge is 0.308 e. The molecule has 0 saturated carbocycles. The van der Waals surface area contributed by atoms with Crippen LogP contribution in [-0.4, -0.2) is 17.3 Å². The normalized spacial score (nSPS) is 10.1. The Morgan fingerprint density at radius 1 is 1.47 bits per heavy atom. The number of carbonyl (C=O) groups excluding carboxylic acids is 1. The van der Waals surface area contributed by atoms with E-state index in [1.54, 1.807) is 0 Å². The first-order valence-electron chi connectivity index (χ1n) is 3.84. The van der Waals surface area contributed by atoms with Gasteiger partial charge in [0.25, 0.3) is 0 Å². The molecular formula is C8H6F2N2O3. The molecule has 1 aromatic rings. The topological polar surface area (TPSA) is 86.2 Å². The first-order valence-corrected chi connectivity index (χ1v) is 3.84. The van der Waals surface area contributed by atoms with Crippen molar-refractivity contribution >= 4 is 11.5 Å². The molecule has 0 fully saturated rings. The fraction of sp³-hybridized carbons (Fsp3) is 0.125. The molecule has 0 saturated heterocycles. The fourth-order valence-corrected chi connectivity index (χ4v) is 1.02. The van der Waals surface area contributed by atoms with Crippen molar-refractivity contribution in [2.24, 2.45) is 5.73 Å². The number of nitro benzene ring substituents is 1. The third-order valence-corrected chi connectivity index (χ3v) is 1.70. The van der Waals surface area contributed by atoms with Gasteiger partial charge >= 0.3 is 5.69 Å². The number of nitrogens with two attached hydrogens (primary N) is 1. The summed E-state index contributed by atoms with van der Waals surface area (Å²) in [6.45, 7) is -0.544. The van der Waals surface area contributed by atoms with Crippen molar-refractivity contribution in [1.29, 1.82) is 0 Å². The van der Waals surface area contributed by atoms with E-state index in [-0.39, 0.29) is 0 Å². The molecule has 0 unspecified atom stereocenters. The number of nitrogens with zero attached hydrogens (tertiary/aromatic N) is 1. The monoisotopic (exact) mass is 216 g/mol. The third kappa shape index (κ3) is 2.13. The lowest BCUT2D eigenvalue weighted by Gasteiger charge is -2.01. The Balaban J connectivity index is 3.41. The molecule has 1 rings (SSSR count). The van der Waals surface area contributed by atoms with E-state index < -0.39 is 40.1 Å². The Hall–Kier alpha value is -1.89. The van der Waals surface area contributed by atoms with Crippen LogP contribution in [0.5, 0.6) is 0 Å². The second-order valence-electron chi connectivity index (χ2n) is 2.67. The van der Waals surface area contributed by atoms with Gasteiger partial charge in [0.05, 0.1) is 23.1 Å². The first kappa shape index (κ1) is 11.2. The van der Waals surface area contributed by atoms with Crippen LogP contribution in [0.2, 0.25) is 0 Å². The minimum absolute atomic E-state index is 0.405. The molecule has 15 heavy (non-hydrogen) atoms. The van der Waals surface area contributed by atoms with Gasteiger partial charge in [-0.25, -0.2) is 4.39 Å². The molecule has 0 radical (unpaired) electrons. The minimum atomic E-state index is -1.36. The Bertz CT molecular complexity index is 434. The van der Waals surface area contributed by atoms with Gasteiger partial charge in [-0.2, -0.15) is 4.39 Å². The molecule has 0 spiro atoms. The summed E-state index contributed by atoms with van der Waals surface area (Å²) in [4.78, 5) is 20.2. The van der Waals surface area contributed by atoms with E-state index in [0.29, 0.717) is 12.1 Å². The van der Waals surface area contributed by atoms with Crippen LogP contribution in [0, 0.1) is 21.7 Å². The predicted octanol–water partition coefficient (Wildman–Crippen LogP) is 1.01. The van der Waals surface area contributed by atoms with Crippen molar-refractivity contribution in [2.45, 2.75) is 0 Å². The van der Waals surface area contributed by atoms with Crippen molar-refractivity contribution in [3.63, 3.8) is 0 Å². The van der Waals surface area contributed by atoms with E-state index in [1.165, 1.54) is 0 Å². The zero-order valence-electron chi connectivity index (χ0n) is 7.37. The molecule has 0 atom stereocenters. The van der Waals surface area contributed by atoms with Crippen molar-refractivity contribution in [2.75, 3.05) is 6.54 Å². The van der Waals surface area contributed by atoms with Crippen molar-refractivity contribution < 1.29 is 18.5 Å². The summed E-state index contributed by atoms with van der Waals surface area (Å²) in [5, 5.41) is 10.3. The highest BCUT2D eigenvalue weighted by molar-refractivity contribution is 5.98. The molecule has 7 heteroatoms. The average molecular weight is 216 g/mol. The van der Waals surface area contributed by atoms with Crippen LogP contribution >= 0.6 is 0 Å². The summed E-state index contributed by atoms with van der Waals surface area (Å²) >= 11 is 0. The lowest BCUT2D eigenvalue weighted by Crippen LogP contribution is -2.16. The van der Waals surface area contributed by atoms with E-state index in [9.17, 15) is 23.7 Å². The van der Waals surface area contributed by atoms with Gasteiger partial charge in [0, 0.05) is 0 Å². The zero-order chi connectivity index (χ0) is 11.6. The number of Topliss-reactive ketones (excluding diaryl/α,β-unsaturated/α-hetero) is 1. The molecule has 2 N–H and O–H groups in total. The van der Waals surface area contributed by atoms with Gasteiger partial charge in [-0.15, -0.1) is 0 Å². The molecule has 80 valence electrons. The second kappa shape index (κ2) is 4.09. The molecular weight excluding hydrogens is 210 g/mol. The molecule has 5 nitrogen and oxygen atoms in total. The van der Waals surface area contributed by atoms with Crippen LogP contribution in [0.4, 0.5) is 14.5 Å². The quantitative estimate of drug-likeness (QED) is 0.464. The molecule has 0 aliphatic carbocycles. The van der Waals surface area contributed by atoms with Gasteiger partial charge in [-0.3, -0.25) is 14.9 Å². The highest BCUT2D eigenvalue weighted by atomic mass is 19.1. The molecule has 0 aliphatic rings. The highest BCUT2D eigenvalue weighted by Crippen LogP contribution is 2.22. The summed E-state index contributed by atoms with van der Waals surface area (Å²) in [6, 6.07) is 0.986. The highest BCUT2D eigenvalue weighted by Gasteiger charge is 2.23. The van der Waals surface area contributed by atoms with Gasteiger partial charge < -0.3 is 5.73 Å². The number of carbonyl (C=O) groups is 1. The zero-order valence-corrected chi connectivity index (χ0v) is 7.37. The Labute approximate surface area is 82.6 Å².